The molecule has 0 saturated heterocycles. The van der Waals surface area contributed by atoms with Crippen molar-refractivity contribution in [2.45, 2.75) is 39.7 Å². The number of anilines is 1. The molecule has 1 aromatic carbocycles. The summed E-state index contributed by atoms with van der Waals surface area (Å²) in [4.78, 5) is 23.8. The van der Waals surface area contributed by atoms with Gasteiger partial charge in [0, 0.05) is 31.6 Å². The third-order valence-electron chi connectivity index (χ3n) is 3.39. The molecule has 2 N–H and O–H groups in total. The smallest absolute Gasteiger partial charge is 0.405 e. The first-order valence-corrected chi connectivity index (χ1v) is 7.97. The zero-order chi connectivity index (χ0) is 18.7. The molecule has 0 aliphatic heterocycles. The van der Waals surface area contributed by atoms with Gasteiger partial charge >= 0.3 is 6.09 Å². The van der Waals surface area contributed by atoms with E-state index in [1.54, 1.807) is 19.9 Å². The van der Waals surface area contributed by atoms with E-state index in [1.807, 2.05) is 11.9 Å². The average Bonchev–Trinajstić information content (AvgIpc) is 2.37. The number of hydrogen-bond donors (Lipinski definition) is 1. The number of carbonyl (C=O) groups is 1. The van der Waals surface area contributed by atoms with Crippen molar-refractivity contribution < 1.29 is 14.5 Å². The van der Waals surface area contributed by atoms with Gasteiger partial charge in [0.1, 0.15) is 5.60 Å². The molecular formula is C16H24ClN3O4. The summed E-state index contributed by atoms with van der Waals surface area (Å²) in [5.74, 6) is 0.402. The van der Waals surface area contributed by atoms with Gasteiger partial charge in [-0.25, -0.2) is 4.79 Å². The summed E-state index contributed by atoms with van der Waals surface area (Å²) in [6.45, 7) is 8.18. The summed E-state index contributed by atoms with van der Waals surface area (Å²) in [5.41, 5.74) is 5.11. The van der Waals surface area contributed by atoms with Gasteiger partial charge in [-0.3, -0.25) is 10.1 Å². The summed E-state index contributed by atoms with van der Waals surface area (Å²) in [6.07, 6.45) is -0.778. The predicted molar refractivity (Wildman–Crippen MR) is 94.7 cm³/mol. The van der Waals surface area contributed by atoms with Crippen molar-refractivity contribution in [3.63, 3.8) is 0 Å². The van der Waals surface area contributed by atoms with Gasteiger partial charge in [-0.15, -0.1) is 0 Å². The molecule has 0 radical (unpaired) electrons. The normalized spacial score (nSPS) is 11.5. The van der Waals surface area contributed by atoms with E-state index in [4.69, 9.17) is 22.1 Å². The molecule has 0 aliphatic carbocycles. The number of rotatable bonds is 7. The Morgan fingerprint density at radius 3 is 2.50 bits per heavy atom. The zero-order valence-corrected chi connectivity index (χ0v) is 15.4. The molecule has 8 heteroatoms. The summed E-state index contributed by atoms with van der Waals surface area (Å²) >= 11 is 6.23. The standard InChI is InChI=1S/C16H24ClN3O4/c1-10(2)9-19(5)14-6-11(8-16(3,4)24-15(18)21)13(20(22)23)7-12(14)17/h6-7,10H,8-9H2,1-5H3,(H2,18,21). The molecule has 24 heavy (non-hydrogen) atoms. The van der Waals surface area contributed by atoms with Gasteiger partial charge in [0.05, 0.1) is 15.6 Å². The number of carbonyl (C=O) groups excluding carboxylic acids is 1. The first-order valence-electron chi connectivity index (χ1n) is 7.59. The molecule has 0 saturated carbocycles. The molecular weight excluding hydrogens is 334 g/mol. The lowest BCUT2D eigenvalue weighted by atomic mass is 9.96. The number of amides is 1. The van der Waals surface area contributed by atoms with Crippen LogP contribution in [0.4, 0.5) is 16.2 Å². The summed E-state index contributed by atoms with van der Waals surface area (Å²) in [6, 6.07) is 3.01. The monoisotopic (exact) mass is 357 g/mol. The highest BCUT2D eigenvalue weighted by molar-refractivity contribution is 6.33. The lowest BCUT2D eigenvalue weighted by molar-refractivity contribution is -0.385. The van der Waals surface area contributed by atoms with E-state index >= 15 is 0 Å². The average molecular weight is 358 g/mol. The Bertz CT molecular complexity index is 632. The van der Waals surface area contributed by atoms with Crippen molar-refractivity contribution in [1.82, 2.24) is 0 Å². The zero-order valence-electron chi connectivity index (χ0n) is 14.6. The third kappa shape index (κ3) is 5.56. The van der Waals surface area contributed by atoms with E-state index in [-0.39, 0.29) is 12.1 Å². The van der Waals surface area contributed by atoms with Crippen LogP contribution in [0.5, 0.6) is 0 Å². The number of hydrogen-bond acceptors (Lipinski definition) is 5. The van der Waals surface area contributed by atoms with Crippen molar-refractivity contribution in [3.05, 3.63) is 32.8 Å². The van der Waals surface area contributed by atoms with Gasteiger partial charge < -0.3 is 15.4 Å². The fourth-order valence-corrected chi connectivity index (χ4v) is 2.91. The number of ether oxygens (including phenoxy) is 1. The number of nitrogens with zero attached hydrogens (tertiary/aromatic N) is 2. The van der Waals surface area contributed by atoms with Gasteiger partial charge in [-0.1, -0.05) is 25.4 Å². The van der Waals surface area contributed by atoms with Crippen molar-refractivity contribution >= 4 is 29.1 Å². The minimum absolute atomic E-state index is 0.108. The van der Waals surface area contributed by atoms with Crippen LogP contribution in [0.15, 0.2) is 12.1 Å². The number of nitro benzene ring substituents is 1. The molecule has 0 atom stereocenters. The molecule has 0 fully saturated rings. The Balaban J connectivity index is 3.29. The van der Waals surface area contributed by atoms with E-state index in [2.05, 4.69) is 13.8 Å². The Kier molecular flexibility index (Phi) is 6.42. The molecule has 0 heterocycles. The van der Waals surface area contributed by atoms with Gasteiger partial charge in [0.25, 0.3) is 5.69 Å². The minimum Gasteiger partial charge on any atom is -0.443 e. The van der Waals surface area contributed by atoms with Crippen LogP contribution in [-0.2, 0) is 11.2 Å². The van der Waals surface area contributed by atoms with Gasteiger partial charge in [-0.05, 0) is 25.8 Å². The molecule has 7 nitrogen and oxygen atoms in total. The van der Waals surface area contributed by atoms with Crippen LogP contribution in [0.2, 0.25) is 5.02 Å². The number of halogens is 1. The highest BCUT2D eigenvalue weighted by Gasteiger charge is 2.28. The van der Waals surface area contributed by atoms with Gasteiger partial charge in [0.2, 0.25) is 0 Å². The molecule has 0 aromatic heterocycles. The lowest BCUT2D eigenvalue weighted by Gasteiger charge is -2.26. The SMILES string of the molecule is CC(C)CN(C)c1cc(CC(C)(C)OC(N)=O)c([N+](=O)[O-])cc1Cl. The van der Waals surface area contributed by atoms with Crippen LogP contribution >= 0.6 is 11.6 Å². The van der Waals surface area contributed by atoms with Crippen LogP contribution in [0.25, 0.3) is 0 Å². The second-order valence-corrected chi connectivity index (χ2v) is 7.23. The van der Waals surface area contributed by atoms with Crippen molar-refractivity contribution in [1.29, 1.82) is 0 Å². The van der Waals surface area contributed by atoms with Gasteiger partial charge in [-0.2, -0.15) is 0 Å². The topological polar surface area (TPSA) is 98.7 Å². The Labute approximate surface area is 146 Å². The number of benzene rings is 1. The second-order valence-electron chi connectivity index (χ2n) is 6.82. The molecule has 1 aromatic rings. The molecule has 1 rings (SSSR count). The molecule has 1 amide bonds. The number of primary amides is 1. The van der Waals surface area contributed by atoms with Crippen LogP contribution in [0.1, 0.15) is 33.3 Å². The fraction of sp³-hybridized carbons (Fsp3) is 0.562. The Hall–Kier alpha value is -2.02. The summed E-state index contributed by atoms with van der Waals surface area (Å²) in [7, 11) is 1.88. The fourth-order valence-electron chi connectivity index (χ4n) is 2.61. The van der Waals surface area contributed by atoms with Crippen molar-refractivity contribution in [3.8, 4) is 0 Å². The van der Waals surface area contributed by atoms with E-state index in [9.17, 15) is 14.9 Å². The van der Waals surface area contributed by atoms with E-state index in [1.165, 1.54) is 6.07 Å². The first-order chi connectivity index (χ1) is 10.9. The first kappa shape index (κ1) is 20.0. The highest BCUT2D eigenvalue weighted by Crippen LogP contribution is 2.35. The molecule has 0 aliphatic rings. The van der Waals surface area contributed by atoms with Crippen molar-refractivity contribution in [2.24, 2.45) is 11.7 Å². The van der Waals surface area contributed by atoms with Crippen molar-refractivity contribution in [2.75, 3.05) is 18.5 Å². The van der Waals surface area contributed by atoms with Crippen LogP contribution in [0, 0.1) is 16.0 Å². The second kappa shape index (κ2) is 7.70. The van der Waals surface area contributed by atoms with E-state index in [0.717, 1.165) is 6.54 Å². The maximum Gasteiger partial charge on any atom is 0.405 e. The lowest BCUT2D eigenvalue weighted by Crippen LogP contribution is -2.33. The summed E-state index contributed by atoms with van der Waals surface area (Å²) < 4.78 is 5.04. The predicted octanol–water partition coefficient (Wildman–Crippen LogP) is 3.76. The molecule has 0 unspecified atom stereocenters. The quantitative estimate of drug-likeness (QED) is 0.591. The Morgan fingerprint density at radius 2 is 2.04 bits per heavy atom. The van der Waals surface area contributed by atoms with Crippen LogP contribution in [-0.4, -0.2) is 30.2 Å². The van der Waals surface area contributed by atoms with E-state index < -0.39 is 16.6 Å². The van der Waals surface area contributed by atoms with Crippen LogP contribution < -0.4 is 10.6 Å². The molecule has 0 spiro atoms. The maximum atomic E-state index is 11.3. The third-order valence-corrected chi connectivity index (χ3v) is 3.69. The van der Waals surface area contributed by atoms with Crippen LogP contribution in [0.3, 0.4) is 0 Å². The molecule has 0 bridgehead atoms. The van der Waals surface area contributed by atoms with E-state index in [0.29, 0.717) is 22.2 Å². The number of nitro groups is 1. The van der Waals surface area contributed by atoms with Gasteiger partial charge in [0.15, 0.2) is 0 Å². The number of nitrogens with two attached hydrogens (primary N) is 1. The Morgan fingerprint density at radius 1 is 1.46 bits per heavy atom. The largest absolute Gasteiger partial charge is 0.443 e. The highest BCUT2D eigenvalue weighted by atomic mass is 35.5. The minimum atomic E-state index is -0.974. The maximum absolute atomic E-state index is 11.3. The molecule has 134 valence electrons. The summed E-state index contributed by atoms with van der Waals surface area (Å²) in [5, 5.41) is 11.6.